The molecule has 0 saturated carbocycles. The molecule has 24 heavy (non-hydrogen) atoms. The van der Waals surface area contributed by atoms with Crippen molar-refractivity contribution in [2.75, 3.05) is 25.5 Å². The molecule has 1 aromatic carbocycles. The van der Waals surface area contributed by atoms with E-state index in [0.717, 1.165) is 25.9 Å². The number of ether oxygens (including phenoxy) is 1. The molecule has 2 aromatic rings. The van der Waals surface area contributed by atoms with Crippen LogP contribution < -0.4 is 10.1 Å². The number of aryl methyl sites for hydroxylation is 1. The van der Waals surface area contributed by atoms with Crippen LogP contribution in [0.4, 0.5) is 10.5 Å². The Balaban J connectivity index is 1.60. The highest BCUT2D eigenvalue weighted by molar-refractivity contribution is 6.32. The SMILES string of the molecule is COc1c(Cl)cccc1NC(=O)N1CC[C@H](Cc2cnn(C)c2)C1. The summed E-state index contributed by atoms with van der Waals surface area (Å²) in [6.07, 6.45) is 5.85. The van der Waals surface area contributed by atoms with Crippen molar-refractivity contribution in [1.29, 1.82) is 0 Å². The Hall–Kier alpha value is -2.21. The lowest BCUT2D eigenvalue weighted by molar-refractivity contribution is 0.220. The molecule has 0 radical (unpaired) electrons. The van der Waals surface area contributed by atoms with Crippen LogP contribution in [0, 0.1) is 5.92 Å². The lowest BCUT2D eigenvalue weighted by Gasteiger charge is -2.19. The first-order chi connectivity index (χ1) is 11.6. The lowest BCUT2D eigenvalue weighted by Crippen LogP contribution is -2.33. The van der Waals surface area contributed by atoms with Crippen LogP contribution in [0.2, 0.25) is 5.02 Å². The van der Waals surface area contributed by atoms with Crippen LogP contribution in [0.25, 0.3) is 0 Å². The number of nitrogens with zero attached hydrogens (tertiary/aromatic N) is 3. The van der Waals surface area contributed by atoms with Gasteiger partial charge in [-0.2, -0.15) is 5.10 Å². The summed E-state index contributed by atoms with van der Waals surface area (Å²) in [6.45, 7) is 1.49. The Morgan fingerprint density at radius 1 is 1.50 bits per heavy atom. The second kappa shape index (κ2) is 7.13. The van der Waals surface area contributed by atoms with E-state index in [2.05, 4.69) is 10.4 Å². The third-order valence-corrected chi connectivity index (χ3v) is 4.57. The van der Waals surface area contributed by atoms with Crippen LogP contribution in [-0.4, -0.2) is 40.9 Å². The molecule has 1 atom stereocenters. The van der Waals surface area contributed by atoms with Gasteiger partial charge in [0.25, 0.3) is 0 Å². The number of benzene rings is 1. The van der Waals surface area contributed by atoms with Gasteiger partial charge < -0.3 is 15.0 Å². The minimum Gasteiger partial charge on any atom is -0.493 e. The Labute approximate surface area is 146 Å². The number of carbonyl (C=O) groups is 1. The number of aromatic nitrogens is 2. The molecule has 2 heterocycles. The van der Waals surface area contributed by atoms with Gasteiger partial charge in [0.2, 0.25) is 0 Å². The van der Waals surface area contributed by atoms with Gasteiger partial charge >= 0.3 is 6.03 Å². The Morgan fingerprint density at radius 2 is 2.33 bits per heavy atom. The number of amides is 2. The van der Waals surface area contributed by atoms with Crippen LogP contribution in [0.5, 0.6) is 5.75 Å². The largest absolute Gasteiger partial charge is 0.493 e. The first-order valence-corrected chi connectivity index (χ1v) is 8.30. The molecule has 1 aliphatic rings. The normalized spacial score (nSPS) is 17.1. The average molecular weight is 349 g/mol. The third kappa shape index (κ3) is 3.64. The lowest BCUT2D eigenvalue weighted by atomic mass is 10.0. The first-order valence-electron chi connectivity index (χ1n) is 7.92. The van der Waals surface area contributed by atoms with E-state index in [1.807, 2.05) is 24.3 Å². The molecule has 1 aliphatic heterocycles. The van der Waals surface area contributed by atoms with E-state index in [0.29, 0.717) is 22.4 Å². The van der Waals surface area contributed by atoms with E-state index in [1.54, 1.807) is 22.9 Å². The highest BCUT2D eigenvalue weighted by Gasteiger charge is 2.27. The number of halogens is 1. The summed E-state index contributed by atoms with van der Waals surface area (Å²) in [4.78, 5) is 14.3. The quantitative estimate of drug-likeness (QED) is 0.923. The van der Waals surface area contributed by atoms with Gasteiger partial charge in [0.15, 0.2) is 5.75 Å². The fourth-order valence-electron chi connectivity index (χ4n) is 3.10. The predicted octanol–water partition coefficient (Wildman–Crippen LogP) is 3.18. The predicted molar refractivity (Wildman–Crippen MR) is 93.6 cm³/mol. The molecule has 1 aromatic heterocycles. The van der Waals surface area contributed by atoms with Crippen molar-refractivity contribution in [3.8, 4) is 5.75 Å². The van der Waals surface area contributed by atoms with Gasteiger partial charge in [-0.05, 0) is 36.5 Å². The van der Waals surface area contributed by atoms with Crippen LogP contribution in [0.1, 0.15) is 12.0 Å². The van der Waals surface area contributed by atoms with Crippen molar-refractivity contribution in [1.82, 2.24) is 14.7 Å². The summed E-state index contributed by atoms with van der Waals surface area (Å²) in [5.41, 5.74) is 1.80. The molecule has 1 fully saturated rings. The van der Waals surface area contributed by atoms with Crippen molar-refractivity contribution in [3.63, 3.8) is 0 Å². The van der Waals surface area contributed by atoms with E-state index >= 15 is 0 Å². The van der Waals surface area contributed by atoms with E-state index in [4.69, 9.17) is 16.3 Å². The fraction of sp³-hybridized carbons (Fsp3) is 0.412. The highest BCUT2D eigenvalue weighted by Crippen LogP contribution is 2.33. The fourth-order valence-corrected chi connectivity index (χ4v) is 3.36. The number of rotatable bonds is 4. The van der Waals surface area contributed by atoms with Gasteiger partial charge in [0.05, 0.1) is 24.0 Å². The summed E-state index contributed by atoms with van der Waals surface area (Å²) >= 11 is 6.09. The number of methoxy groups -OCH3 is 1. The maximum Gasteiger partial charge on any atom is 0.321 e. The molecule has 0 spiro atoms. The van der Waals surface area contributed by atoms with Crippen LogP contribution in [0.15, 0.2) is 30.6 Å². The summed E-state index contributed by atoms with van der Waals surface area (Å²) < 4.78 is 7.07. The minimum absolute atomic E-state index is 0.121. The number of likely N-dealkylation sites (tertiary alicyclic amines) is 1. The number of para-hydroxylation sites is 1. The van der Waals surface area contributed by atoms with Crippen LogP contribution in [-0.2, 0) is 13.5 Å². The zero-order chi connectivity index (χ0) is 17.1. The number of hydrogen-bond donors (Lipinski definition) is 1. The molecule has 0 aliphatic carbocycles. The van der Waals surface area contributed by atoms with Gasteiger partial charge in [0, 0.05) is 26.3 Å². The molecule has 3 rings (SSSR count). The van der Waals surface area contributed by atoms with Crippen molar-refractivity contribution in [3.05, 3.63) is 41.2 Å². The Kier molecular flexibility index (Phi) is 4.94. The van der Waals surface area contributed by atoms with Crippen molar-refractivity contribution < 1.29 is 9.53 Å². The Bertz CT molecular complexity index is 731. The third-order valence-electron chi connectivity index (χ3n) is 4.27. The summed E-state index contributed by atoms with van der Waals surface area (Å²) in [5.74, 6) is 0.944. The van der Waals surface area contributed by atoms with Gasteiger partial charge in [-0.1, -0.05) is 17.7 Å². The summed E-state index contributed by atoms with van der Waals surface area (Å²) in [6, 6.07) is 5.18. The average Bonchev–Trinajstić information content (AvgIpc) is 3.17. The van der Waals surface area contributed by atoms with Crippen molar-refractivity contribution in [2.45, 2.75) is 12.8 Å². The molecule has 1 N–H and O–H groups in total. The Morgan fingerprint density at radius 3 is 3.04 bits per heavy atom. The maximum absolute atomic E-state index is 12.5. The second-order valence-corrected chi connectivity index (χ2v) is 6.49. The zero-order valence-corrected chi connectivity index (χ0v) is 14.6. The molecule has 0 bridgehead atoms. The standard InChI is InChI=1S/C17H21ClN4O2/c1-21-10-13(9-19-21)8-12-6-7-22(11-12)17(23)20-15-5-3-4-14(18)16(15)24-2/h3-5,9-10,12H,6-8,11H2,1-2H3,(H,20,23)/t12-/m1/s1. The van der Waals surface area contributed by atoms with Gasteiger partial charge in [-0.3, -0.25) is 4.68 Å². The molecule has 6 nitrogen and oxygen atoms in total. The smallest absolute Gasteiger partial charge is 0.321 e. The number of hydrogen-bond acceptors (Lipinski definition) is 3. The molecule has 7 heteroatoms. The molecule has 1 saturated heterocycles. The van der Waals surface area contributed by atoms with Crippen LogP contribution in [0.3, 0.4) is 0 Å². The maximum atomic E-state index is 12.5. The number of urea groups is 1. The topological polar surface area (TPSA) is 59.4 Å². The van der Waals surface area contributed by atoms with E-state index in [1.165, 1.54) is 12.7 Å². The highest BCUT2D eigenvalue weighted by atomic mass is 35.5. The van der Waals surface area contributed by atoms with E-state index in [-0.39, 0.29) is 6.03 Å². The molecular weight excluding hydrogens is 328 g/mol. The summed E-state index contributed by atoms with van der Waals surface area (Å²) in [5, 5.41) is 7.57. The van der Waals surface area contributed by atoms with Crippen molar-refractivity contribution >= 4 is 23.3 Å². The molecule has 0 unspecified atom stereocenters. The van der Waals surface area contributed by atoms with Crippen molar-refractivity contribution in [2.24, 2.45) is 13.0 Å². The second-order valence-electron chi connectivity index (χ2n) is 6.08. The van der Waals surface area contributed by atoms with Gasteiger partial charge in [-0.25, -0.2) is 4.79 Å². The number of nitrogens with one attached hydrogen (secondary N) is 1. The van der Waals surface area contributed by atoms with Gasteiger partial charge in [0.1, 0.15) is 0 Å². The van der Waals surface area contributed by atoms with E-state index in [9.17, 15) is 4.79 Å². The van der Waals surface area contributed by atoms with E-state index < -0.39 is 0 Å². The minimum atomic E-state index is -0.121. The zero-order valence-electron chi connectivity index (χ0n) is 13.8. The first kappa shape index (κ1) is 16.6. The van der Waals surface area contributed by atoms with Crippen LogP contribution >= 0.6 is 11.6 Å². The number of carbonyl (C=O) groups excluding carboxylic acids is 1. The number of anilines is 1. The summed E-state index contributed by atoms with van der Waals surface area (Å²) in [7, 11) is 3.45. The van der Waals surface area contributed by atoms with Gasteiger partial charge in [-0.15, -0.1) is 0 Å². The molecule has 2 amide bonds. The molecular formula is C17H21ClN4O2. The molecule has 128 valence electrons. The monoisotopic (exact) mass is 348 g/mol.